The van der Waals surface area contributed by atoms with E-state index in [-0.39, 0.29) is 18.8 Å². The summed E-state index contributed by atoms with van der Waals surface area (Å²) in [5.74, 6) is -0.356. The van der Waals surface area contributed by atoms with Crippen LogP contribution in [0.1, 0.15) is 17.2 Å². The van der Waals surface area contributed by atoms with Crippen LogP contribution in [0.15, 0.2) is 18.2 Å². The number of nitriles is 1. The van der Waals surface area contributed by atoms with Crippen LogP contribution in [0.3, 0.4) is 0 Å². The van der Waals surface area contributed by atoms with Crippen LogP contribution in [0.25, 0.3) is 0 Å². The number of rotatable bonds is 3. The Morgan fingerprint density at radius 2 is 2.21 bits per heavy atom. The van der Waals surface area contributed by atoms with Gasteiger partial charge >= 0.3 is 0 Å². The van der Waals surface area contributed by atoms with Crippen LogP contribution in [0.5, 0.6) is 0 Å². The fourth-order valence-corrected chi connectivity index (χ4v) is 1.28. The van der Waals surface area contributed by atoms with Crippen molar-refractivity contribution in [2.24, 2.45) is 11.5 Å². The van der Waals surface area contributed by atoms with E-state index in [2.05, 4.69) is 0 Å². The summed E-state index contributed by atoms with van der Waals surface area (Å²) in [7, 11) is 0. The molecule has 1 atom stereocenters. The van der Waals surface area contributed by atoms with Gasteiger partial charge in [0, 0.05) is 12.6 Å². The number of nitrogens with zero attached hydrogens (tertiary/aromatic N) is 1. The van der Waals surface area contributed by atoms with Gasteiger partial charge in [0.15, 0.2) is 0 Å². The minimum absolute atomic E-state index is 0.226. The molecule has 0 heterocycles. The molecule has 74 valence electrons. The topological polar surface area (TPSA) is 75.8 Å². The highest BCUT2D eigenvalue weighted by atomic mass is 19.1. The third-order valence-corrected chi connectivity index (χ3v) is 2.03. The van der Waals surface area contributed by atoms with Crippen molar-refractivity contribution < 1.29 is 4.39 Å². The molecule has 4 heteroatoms. The van der Waals surface area contributed by atoms with Crippen LogP contribution in [0.2, 0.25) is 0 Å². The van der Waals surface area contributed by atoms with Gasteiger partial charge in [-0.2, -0.15) is 5.26 Å². The molecule has 0 saturated carbocycles. The fraction of sp³-hybridized carbons (Fsp3) is 0.300. The second-order valence-corrected chi connectivity index (χ2v) is 3.02. The van der Waals surface area contributed by atoms with Crippen molar-refractivity contribution >= 4 is 0 Å². The van der Waals surface area contributed by atoms with E-state index >= 15 is 0 Å². The third-order valence-electron chi connectivity index (χ3n) is 2.03. The number of halogens is 1. The van der Waals surface area contributed by atoms with Crippen molar-refractivity contribution in [1.82, 2.24) is 0 Å². The molecule has 0 fully saturated rings. The van der Waals surface area contributed by atoms with Crippen molar-refractivity contribution in [2.75, 3.05) is 6.54 Å². The van der Waals surface area contributed by atoms with E-state index < -0.39 is 6.04 Å². The van der Waals surface area contributed by atoms with E-state index in [0.29, 0.717) is 5.56 Å². The van der Waals surface area contributed by atoms with Gasteiger partial charge in [-0.05, 0) is 23.3 Å². The van der Waals surface area contributed by atoms with Crippen molar-refractivity contribution in [3.63, 3.8) is 0 Å². The number of nitrogens with two attached hydrogens (primary N) is 2. The fourth-order valence-electron chi connectivity index (χ4n) is 1.28. The maximum Gasteiger partial charge on any atom is 0.123 e. The molecule has 0 aromatic heterocycles. The lowest BCUT2D eigenvalue weighted by molar-refractivity contribution is 0.618. The molecule has 0 spiro atoms. The highest BCUT2D eigenvalue weighted by Crippen LogP contribution is 2.17. The molecule has 0 amide bonds. The average molecular weight is 193 g/mol. The monoisotopic (exact) mass is 193 g/mol. The van der Waals surface area contributed by atoms with Crippen LogP contribution >= 0.6 is 0 Å². The van der Waals surface area contributed by atoms with Crippen molar-refractivity contribution in [2.45, 2.75) is 12.5 Å². The molecule has 0 aliphatic carbocycles. The van der Waals surface area contributed by atoms with Crippen LogP contribution < -0.4 is 11.5 Å². The zero-order valence-corrected chi connectivity index (χ0v) is 7.70. The first-order valence-electron chi connectivity index (χ1n) is 4.30. The second-order valence-electron chi connectivity index (χ2n) is 3.02. The van der Waals surface area contributed by atoms with Gasteiger partial charge < -0.3 is 11.5 Å². The van der Waals surface area contributed by atoms with E-state index in [1.165, 1.54) is 12.1 Å². The normalized spacial score (nSPS) is 12.1. The van der Waals surface area contributed by atoms with E-state index in [4.69, 9.17) is 16.7 Å². The lowest BCUT2D eigenvalue weighted by Gasteiger charge is -2.13. The summed E-state index contributed by atoms with van der Waals surface area (Å²) < 4.78 is 12.9. The largest absolute Gasteiger partial charge is 0.329 e. The van der Waals surface area contributed by atoms with Gasteiger partial charge in [-0.25, -0.2) is 4.39 Å². The SMILES string of the molecule is N#CCc1ccc(F)cc1[C@H](N)CN. The van der Waals surface area contributed by atoms with Crippen LogP contribution in [-0.4, -0.2) is 6.54 Å². The van der Waals surface area contributed by atoms with E-state index in [1.54, 1.807) is 6.07 Å². The first kappa shape index (κ1) is 10.6. The Bertz CT molecular complexity index is 357. The number of hydrogen-bond donors (Lipinski definition) is 2. The van der Waals surface area contributed by atoms with E-state index in [1.807, 2.05) is 6.07 Å². The van der Waals surface area contributed by atoms with Gasteiger partial charge in [0.2, 0.25) is 0 Å². The Balaban J connectivity index is 3.10. The Morgan fingerprint density at radius 1 is 1.50 bits per heavy atom. The molecule has 0 bridgehead atoms. The van der Waals surface area contributed by atoms with Gasteiger partial charge in [-0.15, -0.1) is 0 Å². The standard InChI is InChI=1S/C10H12FN3/c11-8-2-1-7(3-4-12)9(5-8)10(14)6-13/h1-2,5,10H,3,6,13-14H2/t10-/m1/s1. The van der Waals surface area contributed by atoms with Crippen LogP contribution in [0, 0.1) is 17.1 Å². The minimum atomic E-state index is -0.408. The predicted octanol–water partition coefficient (Wildman–Crippen LogP) is 0.850. The van der Waals surface area contributed by atoms with Crippen molar-refractivity contribution in [3.05, 3.63) is 35.1 Å². The lowest BCUT2D eigenvalue weighted by atomic mass is 9.99. The Kier molecular flexibility index (Phi) is 3.57. The Hall–Kier alpha value is -1.44. The summed E-state index contributed by atoms with van der Waals surface area (Å²) in [6.07, 6.45) is 0.226. The Morgan fingerprint density at radius 3 is 2.79 bits per heavy atom. The quantitative estimate of drug-likeness (QED) is 0.747. The summed E-state index contributed by atoms with van der Waals surface area (Å²) >= 11 is 0. The summed E-state index contributed by atoms with van der Waals surface area (Å²) in [4.78, 5) is 0. The highest BCUT2D eigenvalue weighted by Gasteiger charge is 2.10. The first-order valence-corrected chi connectivity index (χ1v) is 4.30. The molecule has 1 rings (SSSR count). The average Bonchev–Trinajstić information content (AvgIpc) is 2.20. The van der Waals surface area contributed by atoms with Gasteiger partial charge in [0.25, 0.3) is 0 Å². The zero-order valence-electron chi connectivity index (χ0n) is 7.70. The molecule has 4 N–H and O–H groups in total. The molecule has 0 unspecified atom stereocenters. The first-order chi connectivity index (χ1) is 6.69. The predicted molar refractivity (Wildman–Crippen MR) is 51.7 cm³/mol. The van der Waals surface area contributed by atoms with E-state index in [9.17, 15) is 4.39 Å². The Labute approximate surface area is 82.1 Å². The third kappa shape index (κ3) is 2.28. The number of hydrogen-bond acceptors (Lipinski definition) is 3. The van der Waals surface area contributed by atoms with Crippen molar-refractivity contribution in [3.8, 4) is 6.07 Å². The van der Waals surface area contributed by atoms with Gasteiger partial charge in [0.05, 0.1) is 12.5 Å². The molecular weight excluding hydrogens is 181 g/mol. The molecule has 1 aromatic rings. The molecular formula is C10H12FN3. The molecule has 3 nitrogen and oxygen atoms in total. The van der Waals surface area contributed by atoms with Crippen LogP contribution in [-0.2, 0) is 6.42 Å². The molecule has 14 heavy (non-hydrogen) atoms. The molecule has 0 aliphatic rings. The molecule has 1 aromatic carbocycles. The highest BCUT2D eigenvalue weighted by molar-refractivity contribution is 5.32. The number of benzene rings is 1. The summed E-state index contributed by atoms with van der Waals surface area (Å²) in [5.41, 5.74) is 12.4. The van der Waals surface area contributed by atoms with Crippen LogP contribution in [0.4, 0.5) is 4.39 Å². The summed E-state index contributed by atoms with van der Waals surface area (Å²) in [6, 6.07) is 5.82. The smallest absolute Gasteiger partial charge is 0.123 e. The lowest BCUT2D eigenvalue weighted by Crippen LogP contribution is -2.22. The maximum absolute atomic E-state index is 12.9. The zero-order chi connectivity index (χ0) is 10.6. The minimum Gasteiger partial charge on any atom is -0.329 e. The second kappa shape index (κ2) is 4.70. The summed E-state index contributed by atoms with van der Waals surface area (Å²) in [6.45, 7) is 0.238. The summed E-state index contributed by atoms with van der Waals surface area (Å²) in [5, 5.41) is 8.55. The molecule has 0 aliphatic heterocycles. The maximum atomic E-state index is 12.9. The van der Waals surface area contributed by atoms with E-state index in [0.717, 1.165) is 5.56 Å². The van der Waals surface area contributed by atoms with Crippen molar-refractivity contribution in [1.29, 1.82) is 5.26 Å². The molecule has 0 saturated heterocycles. The van der Waals surface area contributed by atoms with Gasteiger partial charge in [-0.3, -0.25) is 0 Å². The molecule has 0 radical (unpaired) electrons. The van der Waals surface area contributed by atoms with Gasteiger partial charge in [-0.1, -0.05) is 6.07 Å². The van der Waals surface area contributed by atoms with Gasteiger partial charge in [0.1, 0.15) is 5.82 Å².